The van der Waals surface area contributed by atoms with Gasteiger partial charge in [-0.3, -0.25) is 4.79 Å². The van der Waals surface area contributed by atoms with Crippen molar-refractivity contribution in [3.05, 3.63) is 71.8 Å². The Morgan fingerprint density at radius 1 is 1.19 bits per heavy atom. The minimum atomic E-state index is -4.92. The van der Waals surface area contributed by atoms with Gasteiger partial charge in [0.15, 0.2) is 11.5 Å². The third-order valence-corrected chi connectivity index (χ3v) is 5.32. The molecule has 1 aliphatic rings. The molecule has 10 nitrogen and oxygen atoms in total. The molecule has 0 fully saturated rings. The van der Waals surface area contributed by atoms with E-state index >= 15 is 0 Å². The van der Waals surface area contributed by atoms with Crippen LogP contribution >= 0.6 is 0 Å². The standard InChI is InChI=1S/C24H22F3N5O5/c1-3-18-21(15-6-9-19(35-2)20(10-15)37-24(25,26)27)31-32(23(34)36-18)12-14-4-7-16(8-5-14)30-22(33)17-11-28-13-29-17/h4-11,13,18H,3,12H2,1-2H3,(H,28,29)(H,30,33). The summed E-state index contributed by atoms with van der Waals surface area (Å²) in [6, 6.07) is 10.7. The van der Waals surface area contributed by atoms with E-state index in [4.69, 9.17) is 9.47 Å². The highest BCUT2D eigenvalue weighted by atomic mass is 19.4. The largest absolute Gasteiger partial charge is 0.573 e. The van der Waals surface area contributed by atoms with Gasteiger partial charge in [0.1, 0.15) is 17.5 Å². The summed E-state index contributed by atoms with van der Waals surface area (Å²) in [7, 11) is 1.22. The Balaban J connectivity index is 1.55. The molecule has 2 heterocycles. The second-order valence-electron chi connectivity index (χ2n) is 7.84. The van der Waals surface area contributed by atoms with Gasteiger partial charge in [-0.25, -0.2) is 9.78 Å². The summed E-state index contributed by atoms with van der Waals surface area (Å²) < 4.78 is 53.2. The molecule has 2 amide bonds. The lowest BCUT2D eigenvalue weighted by atomic mass is 10.0. The highest BCUT2D eigenvalue weighted by Gasteiger charge is 2.34. The van der Waals surface area contributed by atoms with Crippen LogP contribution in [0.3, 0.4) is 0 Å². The molecule has 0 saturated heterocycles. The van der Waals surface area contributed by atoms with Crippen molar-refractivity contribution in [1.29, 1.82) is 0 Å². The summed E-state index contributed by atoms with van der Waals surface area (Å²) in [4.78, 5) is 31.3. The molecule has 1 aromatic heterocycles. The molecule has 1 unspecified atom stereocenters. The van der Waals surface area contributed by atoms with Crippen LogP contribution in [0.15, 0.2) is 60.1 Å². The van der Waals surface area contributed by atoms with Crippen molar-refractivity contribution in [3.8, 4) is 11.5 Å². The minimum Gasteiger partial charge on any atom is -0.493 e. The Kier molecular flexibility index (Phi) is 7.32. The second-order valence-corrected chi connectivity index (χ2v) is 7.84. The third kappa shape index (κ3) is 6.18. The van der Waals surface area contributed by atoms with Gasteiger partial charge >= 0.3 is 12.5 Å². The maximum atomic E-state index is 12.9. The molecular weight excluding hydrogens is 495 g/mol. The van der Waals surface area contributed by atoms with Crippen molar-refractivity contribution >= 4 is 23.4 Å². The molecule has 4 rings (SSSR count). The molecule has 0 saturated carbocycles. The fourth-order valence-electron chi connectivity index (χ4n) is 3.58. The number of anilines is 1. The van der Waals surface area contributed by atoms with Crippen molar-refractivity contribution in [2.45, 2.75) is 32.4 Å². The first-order valence-corrected chi connectivity index (χ1v) is 11.1. The van der Waals surface area contributed by atoms with Crippen LogP contribution < -0.4 is 14.8 Å². The Labute approximate surface area is 209 Å². The van der Waals surface area contributed by atoms with Gasteiger partial charge in [-0.15, -0.1) is 13.2 Å². The number of cyclic esters (lactones) is 1. The van der Waals surface area contributed by atoms with Crippen molar-refractivity contribution in [2.75, 3.05) is 12.4 Å². The van der Waals surface area contributed by atoms with E-state index in [1.165, 1.54) is 31.8 Å². The minimum absolute atomic E-state index is 0.0222. The summed E-state index contributed by atoms with van der Waals surface area (Å²) in [5.41, 5.74) is 1.96. The number of rotatable bonds is 8. The number of ether oxygens (including phenoxy) is 3. The molecule has 1 aliphatic heterocycles. The fraction of sp³-hybridized carbons (Fsp3) is 0.250. The summed E-state index contributed by atoms with van der Waals surface area (Å²) in [5.74, 6) is -1.04. The molecule has 0 aliphatic carbocycles. The zero-order valence-corrected chi connectivity index (χ0v) is 19.7. The van der Waals surface area contributed by atoms with E-state index in [9.17, 15) is 22.8 Å². The number of nitrogens with one attached hydrogen (secondary N) is 2. The number of alkyl halides is 3. The smallest absolute Gasteiger partial charge is 0.493 e. The number of H-pyrrole nitrogens is 1. The van der Waals surface area contributed by atoms with E-state index in [2.05, 4.69) is 25.1 Å². The first kappa shape index (κ1) is 25.5. The van der Waals surface area contributed by atoms with Crippen LogP contribution in [0, 0.1) is 0 Å². The summed E-state index contributed by atoms with van der Waals surface area (Å²) in [5, 5.41) is 8.17. The Bertz CT molecular complexity index is 1290. The second kappa shape index (κ2) is 10.6. The number of benzene rings is 2. The molecular formula is C24H22F3N5O5. The van der Waals surface area contributed by atoms with Gasteiger partial charge in [-0.1, -0.05) is 19.1 Å². The highest BCUT2D eigenvalue weighted by molar-refractivity contribution is 6.06. The molecule has 3 aromatic rings. The van der Waals surface area contributed by atoms with E-state index in [0.717, 1.165) is 11.1 Å². The number of nitrogens with zero attached hydrogens (tertiary/aromatic N) is 3. The van der Waals surface area contributed by atoms with E-state index in [-0.39, 0.29) is 35.2 Å². The predicted molar refractivity (Wildman–Crippen MR) is 125 cm³/mol. The van der Waals surface area contributed by atoms with Crippen molar-refractivity contribution < 1.29 is 37.0 Å². The lowest BCUT2D eigenvalue weighted by Gasteiger charge is -2.29. The van der Waals surface area contributed by atoms with Crippen molar-refractivity contribution in [1.82, 2.24) is 15.0 Å². The van der Waals surface area contributed by atoms with Crippen LogP contribution in [-0.2, 0) is 11.3 Å². The molecule has 0 radical (unpaired) electrons. The third-order valence-electron chi connectivity index (χ3n) is 5.32. The SMILES string of the molecule is CCC1OC(=O)N(Cc2ccc(NC(=O)c3c[nH]cn3)cc2)N=C1c1ccc(OC)c(OC(F)(F)F)c1. The van der Waals surface area contributed by atoms with Gasteiger partial charge in [-0.2, -0.15) is 10.1 Å². The molecule has 1 atom stereocenters. The van der Waals surface area contributed by atoms with Crippen LogP contribution in [0.2, 0.25) is 0 Å². The number of amides is 2. The van der Waals surface area contributed by atoms with Gasteiger partial charge < -0.3 is 24.5 Å². The summed E-state index contributed by atoms with van der Waals surface area (Å²) in [6.07, 6.45) is -3.19. The van der Waals surface area contributed by atoms with Crippen molar-refractivity contribution in [2.24, 2.45) is 5.10 Å². The first-order chi connectivity index (χ1) is 17.7. The molecule has 0 bridgehead atoms. The van der Waals surface area contributed by atoms with Crippen LogP contribution in [0.25, 0.3) is 0 Å². The Morgan fingerprint density at radius 2 is 1.95 bits per heavy atom. The molecule has 37 heavy (non-hydrogen) atoms. The monoisotopic (exact) mass is 517 g/mol. The number of halogens is 3. The molecule has 0 spiro atoms. The molecule has 13 heteroatoms. The Hall–Kier alpha value is -4.55. The van der Waals surface area contributed by atoms with E-state index < -0.39 is 24.3 Å². The molecule has 194 valence electrons. The lowest BCUT2D eigenvalue weighted by molar-refractivity contribution is -0.275. The zero-order valence-electron chi connectivity index (χ0n) is 19.7. The number of hydrazone groups is 1. The van der Waals surface area contributed by atoms with Crippen LogP contribution in [-0.4, -0.2) is 52.3 Å². The van der Waals surface area contributed by atoms with Gasteiger partial charge in [0.2, 0.25) is 0 Å². The number of methoxy groups -OCH3 is 1. The quantitative estimate of drug-likeness (QED) is 0.447. The lowest BCUT2D eigenvalue weighted by Crippen LogP contribution is -2.41. The average Bonchev–Trinajstić information content (AvgIpc) is 3.40. The maximum absolute atomic E-state index is 12.9. The van der Waals surface area contributed by atoms with E-state index in [1.54, 1.807) is 31.2 Å². The Morgan fingerprint density at radius 3 is 2.57 bits per heavy atom. The fourth-order valence-corrected chi connectivity index (χ4v) is 3.58. The summed E-state index contributed by atoms with van der Waals surface area (Å²) in [6.45, 7) is 1.78. The highest BCUT2D eigenvalue weighted by Crippen LogP contribution is 2.34. The first-order valence-electron chi connectivity index (χ1n) is 11.1. The zero-order chi connectivity index (χ0) is 26.6. The maximum Gasteiger partial charge on any atom is 0.573 e. The van der Waals surface area contributed by atoms with Crippen molar-refractivity contribution in [3.63, 3.8) is 0 Å². The van der Waals surface area contributed by atoms with Gasteiger partial charge in [0.25, 0.3) is 5.91 Å². The topological polar surface area (TPSA) is 118 Å². The summed E-state index contributed by atoms with van der Waals surface area (Å²) >= 11 is 0. The van der Waals surface area contributed by atoms with Crippen LogP contribution in [0.1, 0.15) is 35.0 Å². The van der Waals surface area contributed by atoms with Gasteiger partial charge in [-0.05, 0) is 42.3 Å². The number of carbonyl (C=O) groups excluding carboxylic acids is 2. The number of carbonyl (C=O) groups is 2. The number of hydrogen-bond acceptors (Lipinski definition) is 7. The van der Waals surface area contributed by atoms with E-state index in [0.29, 0.717) is 17.7 Å². The number of hydrogen-bond donors (Lipinski definition) is 2. The molecule has 2 aromatic carbocycles. The normalized spacial score (nSPS) is 15.6. The predicted octanol–water partition coefficient (Wildman–Crippen LogP) is 4.70. The number of aromatic amines is 1. The van der Waals surface area contributed by atoms with Gasteiger partial charge in [0, 0.05) is 17.4 Å². The van der Waals surface area contributed by atoms with Crippen LogP contribution in [0.5, 0.6) is 11.5 Å². The van der Waals surface area contributed by atoms with Crippen LogP contribution in [0.4, 0.5) is 23.7 Å². The number of imidazole rings is 1. The molecule has 2 N–H and O–H groups in total. The average molecular weight is 517 g/mol. The number of aromatic nitrogens is 2. The van der Waals surface area contributed by atoms with E-state index in [1.807, 2.05) is 0 Å². The van der Waals surface area contributed by atoms with Gasteiger partial charge in [0.05, 0.1) is 20.0 Å².